The van der Waals surface area contributed by atoms with Crippen molar-refractivity contribution in [2.24, 2.45) is 5.73 Å². The van der Waals surface area contributed by atoms with Gasteiger partial charge in [-0.05, 0) is 63.5 Å². The number of nitrogens with two attached hydrogens (primary N) is 1. The molecule has 1 aliphatic heterocycles. The van der Waals surface area contributed by atoms with Crippen LogP contribution in [-0.4, -0.2) is 44.3 Å². The first-order valence-electron chi connectivity index (χ1n) is 8.14. The minimum absolute atomic E-state index is 0.647. The molecule has 0 atom stereocenters. The summed E-state index contributed by atoms with van der Waals surface area (Å²) in [4.78, 5) is 2.48. The molecule has 1 heterocycles. The molecule has 4 heteroatoms. The van der Waals surface area contributed by atoms with Crippen LogP contribution in [-0.2, 0) is 6.42 Å². The minimum atomic E-state index is 0.647. The Labute approximate surface area is 128 Å². The Hall–Kier alpha value is -1.26. The predicted octanol–water partition coefficient (Wildman–Crippen LogP) is 2.45. The van der Waals surface area contributed by atoms with Gasteiger partial charge in [0.25, 0.3) is 0 Å². The number of ether oxygens (including phenoxy) is 2. The molecule has 0 aromatic heterocycles. The van der Waals surface area contributed by atoms with E-state index >= 15 is 0 Å². The third-order valence-electron chi connectivity index (χ3n) is 3.85. The molecule has 2 rings (SSSR count). The first-order valence-corrected chi connectivity index (χ1v) is 8.14. The molecule has 0 bridgehead atoms. The van der Waals surface area contributed by atoms with E-state index in [-0.39, 0.29) is 0 Å². The number of likely N-dealkylation sites (tertiary alicyclic amines) is 1. The van der Waals surface area contributed by atoms with Gasteiger partial charge in [-0.2, -0.15) is 0 Å². The summed E-state index contributed by atoms with van der Waals surface area (Å²) in [5.74, 6) is 1.68. The van der Waals surface area contributed by atoms with E-state index in [9.17, 15) is 0 Å². The van der Waals surface area contributed by atoms with Crippen LogP contribution in [0.4, 0.5) is 0 Å². The van der Waals surface area contributed by atoms with Gasteiger partial charge in [0.05, 0.1) is 6.61 Å². The predicted molar refractivity (Wildman–Crippen MR) is 86.2 cm³/mol. The molecule has 118 valence electrons. The summed E-state index contributed by atoms with van der Waals surface area (Å²) in [7, 11) is 0. The van der Waals surface area contributed by atoms with Gasteiger partial charge in [-0.3, -0.25) is 4.90 Å². The van der Waals surface area contributed by atoms with Gasteiger partial charge in [-0.1, -0.05) is 12.5 Å². The van der Waals surface area contributed by atoms with E-state index < -0.39 is 0 Å². The maximum absolute atomic E-state index is 5.93. The molecular formula is C17H28N2O2. The average Bonchev–Trinajstić information content (AvgIpc) is 2.51. The highest BCUT2D eigenvalue weighted by Gasteiger charge is 2.11. The van der Waals surface area contributed by atoms with Crippen molar-refractivity contribution in [3.8, 4) is 11.5 Å². The highest BCUT2D eigenvalue weighted by Crippen LogP contribution is 2.28. The molecule has 0 saturated carbocycles. The van der Waals surface area contributed by atoms with E-state index in [2.05, 4.69) is 11.0 Å². The van der Waals surface area contributed by atoms with Crippen LogP contribution in [0.5, 0.6) is 11.5 Å². The summed E-state index contributed by atoms with van der Waals surface area (Å²) < 4.78 is 11.6. The van der Waals surface area contributed by atoms with Crippen molar-refractivity contribution < 1.29 is 9.47 Å². The molecule has 1 aromatic carbocycles. The first kappa shape index (κ1) is 16.1. The molecule has 0 radical (unpaired) electrons. The fourth-order valence-corrected chi connectivity index (χ4v) is 2.73. The van der Waals surface area contributed by atoms with Crippen LogP contribution in [0.3, 0.4) is 0 Å². The number of hydrogen-bond donors (Lipinski definition) is 1. The lowest BCUT2D eigenvalue weighted by atomic mass is 10.1. The zero-order valence-electron chi connectivity index (χ0n) is 13.1. The largest absolute Gasteiger partial charge is 0.490 e. The summed E-state index contributed by atoms with van der Waals surface area (Å²) in [5.41, 5.74) is 6.81. The molecule has 0 amide bonds. The van der Waals surface area contributed by atoms with E-state index in [0.29, 0.717) is 13.2 Å². The van der Waals surface area contributed by atoms with Crippen LogP contribution in [0.2, 0.25) is 0 Å². The number of nitrogens with zero attached hydrogens (tertiary/aromatic N) is 1. The van der Waals surface area contributed by atoms with E-state index in [4.69, 9.17) is 15.2 Å². The van der Waals surface area contributed by atoms with E-state index in [0.717, 1.165) is 31.1 Å². The van der Waals surface area contributed by atoms with Gasteiger partial charge in [-0.15, -0.1) is 0 Å². The van der Waals surface area contributed by atoms with Gasteiger partial charge in [0.2, 0.25) is 0 Å². The van der Waals surface area contributed by atoms with Crippen molar-refractivity contribution in [3.05, 3.63) is 23.8 Å². The van der Waals surface area contributed by atoms with Gasteiger partial charge in [-0.25, -0.2) is 0 Å². The van der Waals surface area contributed by atoms with Crippen molar-refractivity contribution in [1.29, 1.82) is 0 Å². The third kappa shape index (κ3) is 5.21. The normalized spacial score (nSPS) is 15.9. The highest BCUT2D eigenvalue weighted by molar-refractivity contribution is 5.43. The number of piperidine rings is 1. The smallest absolute Gasteiger partial charge is 0.161 e. The number of hydrogen-bond acceptors (Lipinski definition) is 4. The summed E-state index contributed by atoms with van der Waals surface area (Å²) >= 11 is 0. The summed E-state index contributed by atoms with van der Waals surface area (Å²) in [5, 5.41) is 0. The second-order valence-electron chi connectivity index (χ2n) is 5.50. The van der Waals surface area contributed by atoms with Crippen molar-refractivity contribution in [2.75, 3.05) is 39.4 Å². The second kappa shape index (κ2) is 8.90. The first-order chi connectivity index (χ1) is 10.3. The van der Waals surface area contributed by atoms with Gasteiger partial charge in [0, 0.05) is 6.54 Å². The molecule has 1 fully saturated rings. The zero-order chi connectivity index (χ0) is 14.9. The zero-order valence-corrected chi connectivity index (χ0v) is 13.1. The molecule has 0 aliphatic carbocycles. The maximum atomic E-state index is 5.93. The lowest BCUT2D eigenvalue weighted by Gasteiger charge is -2.26. The molecule has 1 aliphatic rings. The van der Waals surface area contributed by atoms with E-state index in [1.165, 1.54) is 37.9 Å². The SMILES string of the molecule is CCOc1cc(CCN)ccc1OCCN1CCCCC1. The van der Waals surface area contributed by atoms with E-state index in [1.54, 1.807) is 0 Å². The Morgan fingerprint density at radius 3 is 2.62 bits per heavy atom. The maximum Gasteiger partial charge on any atom is 0.161 e. The fraction of sp³-hybridized carbons (Fsp3) is 0.647. The van der Waals surface area contributed by atoms with Crippen LogP contribution in [0.25, 0.3) is 0 Å². The lowest BCUT2D eigenvalue weighted by molar-refractivity contribution is 0.179. The molecule has 21 heavy (non-hydrogen) atoms. The minimum Gasteiger partial charge on any atom is -0.490 e. The topological polar surface area (TPSA) is 47.7 Å². The monoisotopic (exact) mass is 292 g/mol. The van der Waals surface area contributed by atoms with Crippen LogP contribution in [0, 0.1) is 0 Å². The van der Waals surface area contributed by atoms with Gasteiger partial charge >= 0.3 is 0 Å². The van der Waals surface area contributed by atoms with E-state index in [1.807, 2.05) is 19.1 Å². The molecule has 1 aromatic rings. The molecule has 0 unspecified atom stereocenters. The fourth-order valence-electron chi connectivity index (χ4n) is 2.73. The van der Waals surface area contributed by atoms with Crippen LogP contribution in [0.1, 0.15) is 31.7 Å². The summed E-state index contributed by atoms with van der Waals surface area (Å²) in [6.45, 7) is 7.42. The Bertz CT molecular complexity index is 417. The van der Waals surface area contributed by atoms with Gasteiger partial charge < -0.3 is 15.2 Å². The highest BCUT2D eigenvalue weighted by atomic mass is 16.5. The number of benzene rings is 1. The number of rotatable bonds is 8. The lowest BCUT2D eigenvalue weighted by Crippen LogP contribution is -2.33. The Balaban J connectivity index is 1.88. The van der Waals surface area contributed by atoms with Crippen LogP contribution >= 0.6 is 0 Å². The standard InChI is InChI=1S/C17H28N2O2/c1-2-20-17-14-15(8-9-18)6-7-16(17)21-13-12-19-10-4-3-5-11-19/h6-7,14H,2-5,8-13,18H2,1H3. The quantitative estimate of drug-likeness (QED) is 0.799. The van der Waals surface area contributed by atoms with Gasteiger partial charge in [0.1, 0.15) is 6.61 Å². The molecule has 4 nitrogen and oxygen atoms in total. The van der Waals surface area contributed by atoms with Crippen molar-refractivity contribution >= 4 is 0 Å². The van der Waals surface area contributed by atoms with Crippen molar-refractivity contribution in [1.82, 2.24) is 4.90 Å². The van der Waals surface area contributed by atoms with Crippen LogP contribution < -0.4 is 15.2 Å². The molecule has 2 N–H and O–H groups in total. The van der Waals surface area contributed by atoms with Crippen LogP contribution in [0.15, 0.2) is 18.2 Å². The summed E-state index contributed by atoms with van der Waals surface area (Å²) in [6, 6.07) is 6.13. The van der Waals surface area contributed by atoms with Gasteiger partial charge in [0.15, 0.2) is 11.5 Å². The third-order valence-corrected chi connectivity index (χ3v) is 3.85. The Morgan fingerprint density at radius 2 is 1.90 bits per heavy atom. The molecule has 0 spiro atoms. The summed E-state index contributed by atoms with van der Waals surface area (Å²) in [6.07, 6.45) is 4.87. The Kier molecular flexibility index (Phi) is 6.83. The van der Waals surface area contributed by atoms with Crippen molar-refractivity contribution in [2.45, 2.75) is 32.6 Å². The second-order valence-corrected chi connectivity index (χ2v) is 5.50. The Morgan fingerprint density at radius 1 is 1.10 bits per heavy atom. The van der Waals surface area contributed by atoms with Crippen molar-refractivity contribution in [3.63, 3.8) is 0 Å². The average molecular weight is 292 g/mol. The molecule has 1 saturated heterocycles. The molecular weight excluding hydrogens is 264 g/mol.